The lowest BCUT2D eigenvalue weighted by Crippen LogP contribution is -2.36. The van der Waals surface area contributed by atoms with Gasteiger partial charge in [0.15, 0.2) is 0 Å². The zero-order valence-electron chi connectivity index (χ0n) is 15.9. The summed E-state index contributed by atoms with van der Waals surface area (Å²) in [7, 11) is 0. The maximum atomic E-state index is 13.0. The van der Waals surface area contributed by atoms with Gasteiger partial charge in [-0.05, 0) is 42.7 Å². The summed E-state index contributed by atoms with van der Waals surface area (Å²) < 4.78 is 5.66. The summed E-state index contributed by atoms with van der Waals surface area (Å²) >= 11 is 0. The van der Waals surface area contributed by atoms with Crippen LogP contribution in [0.25, 0.3) is 0 Å². The molecular formula is C23H23N3O2. The second-order valence-corrected chi connectivity index (χ2v) is 6.76. The van der Waals surface area contributed by atoms with Crippen molar-refractivity contribution in [2.45, 2.75) is 19.9 Å². The number of nitrogens with zero attached hydrogens (tertiary/aromatic N) is 2. The highest BCUT2D eigenvalue weighted by molar-refractivity contribution is 5.95. The van der Waals surface area contributed by atoms with Crippen LogP contribution >= 0.6 is 0 Å². The smallest absolute Gasteiger partial charge is 0.255 e. The molecule has 3 aromatic rings. The molecule has 0 unspecified atom stereocenters. The molecule has 0 aliphatic carbocycles. The van der Waals surface area contributed by atoms with Gasteiger partial charge < -0.3 is 15.0 Å². The topological polar surface area (TPSA) is 54.5 Å². The van der Waals surface area contributed by atoms with Crippen molar-refractivity contribution in [3.63, 3.8) is 0 Å². The third kappa shape index (κ3) is 3.83. The first kappa shape index (κ1) is 18.0. The summed E-state index contributed by atoms with van der Waals surface area (Å²) in [5.74, 6) is 0.776. The van der Waals surface area contributed by atoms with Crippen molar-refractivity contribution < 1.29 is 9.53 Å². The second-order valence-electron chi connectivity index (χ2n) is 6.76. The highest BCUT2D eigenvalue weighted by Gasteiger charge is 2.22. The average Bonchev–Trinajstić information content (AvgIpc) is 2.75. The lowest BCUT2D eigenvalue weighted by Gasteiger charge is -2.29. The Kier molecular flexibility index (Phi) is 5.24. The van der Waals surface area contributed by atoms with Gasteiger partial charge in [-0.25, -0.2) is 0 Å². The molecule has 0 radical (unpaired) electrons. The van der Waals surface area contributed by atoms with Crippen LogP contribution in [0.4, 0.5) is 11.4 Å². The zero-order valence-corrected chi connectivity index (χ0v) is 15.9. The monoisotopic (exact) mass is 373 g/mol. The van der Waals surface area contributed by atoms with Crippen LogP contribution in [0.15, 0.2) is 67.0 Å². The van der Waals surface area contributed by atoms with E-state index < -0.39 is 0 Å². The molecule has 0 saturated carbocycles. The van der Waals surface area contributed by atoms with Crippen LogP contribution in [0.2, 0.25) is 0 Å². The quantitative estimate of drug-likeness (QED) is 0.719. The molecule has 0 fully saturated rings. The summed E-state index contributed by atoms with van der Waals surface area (Å²) in [6, 6.07) is 17.9. The van der Waals surface area contributed by atoms with Crippen LogP contribution in [0.5, 0.6) is 5.75 Å². The molecular weight excluding hydrogens is 350 g/mol. The first-order valence-electron chi connectivity index (χ1n) is 9.54. The normalized spacial score (nSPS) is 13.0. The molecule has 0 saturated heterocycles. The molecule has 142 valence electrons. The van der Waals surface area contributed by atoms with Crippen LogP contribution in [-0.2, 0) is 13.0 Å². The fraction of sp³-hybridized carbons (Fsp3) is 0.217. The molecule has 2 heterocycles. The van der Waals surface area contributed by atoms with E-state index in [0.717, 1.165) is 30.1 Å². The Morgan fingerprint density at radius 2 is 1.89 bits per heavy atom. The second kappa shape index (κ2) is 8.13. The van der Waals surface area contributed by atoms with Crippen LogP contribution < -0.4 is 10.1 Å². The summed E-state index contributed by atoms with van der Waals surface area (Å²) in [5.41, 5.74) is 4.74. The number of anilines is 2. The molecule has 28 heavy (non-hydrogen) atoms. The number of ether oxygens (including phenoxy) is 1. The molecule has 0 spiro atoms. The summed E-state index contributed by atoms with van der Waals surface area (Å²) in [4.78, 5) is 19.2. The summed E-state index contributed by atoms with van der Waals surface area (Å²) in [6.45, 7) is 3.90. The highest BCUT2D eigenvalue weighted by Crippen LogP contribution is 2.28. The Morgan fingerprint density at radius 3 is 2.75 bits per heavy atom. The standard InChI is InChI=1S/C23H23N3O2/c1-2-28-22-10-6-5-9-21(22)25-20-13-19(14-24-15-20)23(27)26-12-11-17-7-3-4-8-18(17)16-26/h3-10,13-15,25H,2,11-12,16H2,1H3. The van der Waals surface area contributed by atoms with E-state index in [4.69, 9.17) is 4.74 Å². The van der Waals surface area contributed by atoms with E-state index in [1.807, 2.05) is 48.2 Å². The van der Waals surface area contributed by atoms with Gasteiger partial charge in [-0.1, -0.05) is 36.4 Å². The van der Waals surface area contributed by atoms with Gasteiger partial charge in [-0.3, -0.25) is 9.78 Å². The van der Waals surface area contributed by atoms with Crippen molar-refractivity contribution >= 4 is 17.3 Å². The molecule has 5 nitrogen and oxygen atoms in total. The summed E-state index contributed by atoms with van der Waals surface area (Å²) in [5, 5.41) is 3.31. The van der Waals surface area contributed by atoms with Crippen LogP contribution in [0.1, 0.15) is 28.4 Å². The minimum atomic E-state index is 0.00347. The van der Waals surface area contributed by atoms with Crippen LogP contribution in [-0.4, -0.2) is 28.9 Å². The number of hydrogen-bond acceptors (Lipinski definition) is 4. The van der Waals surface area contributed by atoms with E-state index >= 15 is 0 Å². The van der Waals surface area contributed by atoms with E-state index in [1.165, 1.54) is 11.1 Å². The Labute approximate surface area is 165 Å². The Bertz CT molecular complexity index is 987. The minimum absolute atomic E-state index is 0.00347. The number of rotatable bonds is 5. The Morgan fingerprint density at radius 1 is 1.11 bits per heavy atom. The summed E-state index contributed by atoms with van der Waals surface area (Å²) in [6.07, 6.45) is 4.22. The number of fused-ring (bicyclic) bond motifs is 1. The molecule has 4 rings (SSSR count). The molecule has 1 amide bonds. The van der Waals surface area contributed by atoms with Crippen molar-refractivity contribution in [1.29, 1.82) is 0 Å². The molecule has 1 N–H and O–H groups in total. The van der Waals surface area contributed by atoms with E-state index in [1.54, 1.807) is 12.4 Å². The third-order valence-electron chi connectivity index (χ3n) is 4.87. The maximum absolute atomic E-state index is 13.0. The van der Waals surface area contributed by atoms with Gasteiger partial charge in [0.2, 0.25) is 0 Å². The third-order valence-corrected chi connectivity index (χ3v) is 4.87. The lowest BCUT2D eigenvalue weighted by atomic mass is 9.99. The van der Waals surface area contributed by atoms with E-state index in [9.17, 15) is 4.79 Å². The van der Waals surface area contributed by atoms with Gasteiger partial charge in [0.25, 0.3) is 5.91 Å². The predicted molar refractivity (Wildman–Crippen MR) is 110 cm³/mol. The molecule has 1 aliphatic heterocycles. The van der Waals surface area contributed by atoms with E-state index in [0.29, 0.717) is 18.7 Å². The molecule has 2 aromatic carbocycles. The average molecular weight is 373 g/mol. The highest BCUT2D eigenvalue weighted by atomic mass is 16.5. The minimum Gasteiger partial charge on any atom is -0.492 e. The maximum Gasteiger partial charge on any atom is 0.255 e. The Hall–Kier alpha value is -3.34. The zero-order chi connectivity index (χ0) is 19.3. The number of aromatic nitrogens is 1. The van der Waals surface area contributed by atoms with Crippen molar-refractivity contribution in [2.75, 3.05) is 18.5 Å². The molecule has 5 heteroatoms. The first-order valence-corrected chi connectivity index (χ1v) is 9.54. The van der Waals surface area contributed by atoms with Crippen molar-refractivity contribution in [3.8, 4) is 5.75 Å². The van der Waals surface area contributed by atoms with Crippen LogP contribution in [0.3, 0.4) is 0 Å². The van der Waals surface area contributed by atoms with E-state index in [2.05, 4.69) is 28.5 Å². The predicted octanol–water partition coefficient (Wildman–Crippen LogP) is 4.42. The fourth-order valence-corrected chi connectivity index (χ4v) is 3.48. The molecule has 1 aromatic heterocycles. The molecule has 0 bridgehead atoms. The van der Waals surface area contributed by atoms with Crippen molar-refractivity contribution in [1.82, 2.24) is 9.88 Å². The van der Waals surface area contributed by atoms with Crippen molar-refractivity contribution in [3.05, 3.63) is 83.7 Å². The lowest BCUT2D eigenvalue weighted by molar-refractivity contribution is 0.0734. The number of hydrogen-bond donors (Lipinski definition) is 1. The number of carbonyl (C=O) groups excluding carboxylic acids is 1. The van der Waals surface area contributed by atoms with Gasteiger partial charge in [-0.15, -0.1) is 0 Å². The largest absolute Gasteiger partial charge is 0.492 e. The van der Waals surface area contributed by atoms with Gasteiger partial charge in [0.05, 0.1) is 29.7 Å². The Balaban J connectivity index is 1.52. The van der Waals surface area contributed by atoms with E-state index in [-0.39, 0.29) is 5.91 Å². The number of para-hydroxylation sites is 2. The van der Waals surface area contributed by atoms with Crippen molar-refractivity contribution in [2.24, 2.45) is 0 Å². The van der Waals surface area contributed by atoms with Gasteiger partial charge >= 0.3 is 0 Å². The van der Waals surface area contributed by atoms with Gasteiger partial charge in [0.1, 0.15) is 5.75 Å². The number of carbonyl (C=O) groups is 1. The fourth-order valence-electron chi connectivity index (χ4n) is 3.48. The number of nitrogens with one attached hydrogen (secondary N) is 1. The SMILES string of the molecule is CCOc1ccccc1Nc1cncc(C(=O)N2CCc3ccccc3C2)c1. The number of amides is 1. The molecule has 1 aliphatic rings. The van der Waals surface area contributed by atoms with Gasteiger partial charge in [0, 0.05) is 19.3 Å². The number of benzene rings is 2. The molecule has 0 atom stereocenters. The number of pyridine rings is 1. The van der Waals surface area contributed by atoms with Crippen LogP contribution in [0, 0.1) is 0 Å². The first-order chi connectivity index (χ1) is 13.7. The van der Waals surface area contributed by atoms with Gasteiger partial charge in [-0.2, -0.15) is 0 Å².